The van der Waals surface area contributed by atoms with Gasteiger partial charge in [0.15, 0.2) is 0 Å². The number of aliphatic hydroxyl groups is 1. The van der Waals surface area contributed by atoms with Crippen LogP contribution < -0.4 is 10.6 Å². The van der Waals surface area contributed by atoms with E-state index in [2.05, 4.69) is 34.7 Å². The quantitative estimate of drug-likeness (QED) is 0.766. The number of anilines is 3. The van der Waals surface area contributed by atoms with Crippen LogP contribution in [0, 0.1) is 0 Å². The van der Waals surface area contributed by atoms with E-state index in [1.165, 1.54) is 5.56 Å². The molecule has 0 aliphatic carbocycles. The number of carbonyl (C=O) groups excluding carboxylic acids is 1. The predicted molar refractivity (Wildman–Crippen MR) is 88.3 cm³/mol. The smallest absolute Gasteiger partial charge is 0.227 e. The summed E-state index contributed by atoms with van der Waals surface area (Å²) in [6.07, 6.45) is 2.02. The van der Waals surface area contributed by atoms with Gasteiger partial charge in [0, 0.05) is 5.69 Å². The van der Waals surface area contributed by atoms with Crippen molar-refractivity contribution in [3.8, 4) is 0 Å². The summed E-state index contributed by atoms with van der Waals surface area (Å²) in [5, 5.41) is 15.1. The van der Waals surface area contributed by atoms with Crippen molar-refractivity contribution in [2.75, 3.05) is 10.6 Å². The van der Waals surface area contributed by atoms with E-state index in [0.717, 1.165) is 12.1 Å². The van der Waals surface area contributed by atoms with Crippen LogP contribution in [-0.4, -0.2) is 22.1 Å². The molecule has 0 radical (unpaired) electrons. The molecule has 116 valence electrons. The number of pyridine rings is 1. The summed E-state index contributed by atoms with van der Waals surface area (Å²) >= 11 is 0. The van der Waals surface area contributed by atoms with E-state index in [9.17, 15) is 4.79 Å². The van der Waals surface area contributed by atoms with E-state index in [-0.39, 0.29) is 12.3 Å². The number of hydrogen-bond donors (Lipinski definition) is 3. The van der Waals surface area contributed by atoms with Gasteiger partial charge in [0.05, 0.1) is 24.4 Å². The Hall–Kier alpha value is -2.40. The van der Waals surface area contributed by atoms with Gasteiger partial charge in [0.2, 0.25) is 5.91 Å². The molecule has 0 aliphatic heterocycles. The van der Waals surface area contributed by atoms with Crippen LogP contribution in [0.1, 0.15) is 25.8 Å². The highest BCUT2D eigenvalue weighted by Gasteiger charge is 2.06. The van der Waals surface area contributed by atoms with Crippen molar-refractivity contribution in [1.29, 1.82) is 0 Å². The lowest BCUT2D eigenvalue weighted by Gasteiger charge is -2.09. The lowest BCUT2D eigenvalue weighted by molar-refractivity contribution is -0.117. The largest absolute Gasteiger partial charge is 0.393 e. The maximum atomic E-state index is 11.5. The summed E-state index contributed by atoms with van der Waals surface area (Å²) in [5.41, 5.74) is 2.86. The SMILES string of the molecule is CCc1ccc(Nc2ccc(NC(=O)CC(C)O)cn2)cc1. The van der Waals surface area contributed by atoms with Gasteiger partial charge in [-0.05, 0) is 43.2 Å². The Morgan fingerprint density at radius 3 is 2.41 bits per heavy atom. The third kappa shape index (κ3) is 4.86. The van der Waals surface area contributed by atoms with Crippen LogP contribution in [0.3, 0.4) is 0 Å². The normalized spacial score (nSPS) is 11.8. The van der Waals surface area contributed by atoms with E-state index in [1.54, 1.807) is 25.3 Å². The zero-order chi connectivity index (χ0) is 15.9. The fraction of sp³-hybridized carbons (Fsp3) is 0.294. The van der Waals surface area contributed by atoms with Crippen LogP contribution in [-0.2, 0) is 11.2 Å². The van der Waals surface area contributed by atoms with Crippen molar-refractivity contribution < 1.29 is 9.90 Å². The molecule has 0 spiro atoms. The first-order valence-corrected chi connectivity index (χ1v) is 7.36. The van der Waals surface area contributed by atoms with Crippen molar-refractivity contribution in [2.45, 2.75) is 32.8 Å². The number of hydrogen-bond acceptors (Lipinski definition) is 4. The summed E-state index contributed by atoms with van der Waals surface area (Å²) in [5.74, 6) is 0.477. The summed E-state index contributed by atoms with van der Waals surface area (Å²) in [6, 6.07) is 11.7. The third-order valence-corrected chi connectivity index (χ3v) is 3.16. The Morgan fingerprint density at radius 2 is 1.86 bits per heavy atom. The minimum atomic E-state index is -0.653. The standard InChI is InChI=1S/C17H21N3O2/c1-3-13-4-6-14(7-5-13)19-16-9-8-15(11-18-16)20-17(22)10-12(2)21/h4-9,11-12,21H,3,10H2,1-2H3,(H,18,19)(H,20,22). The fourth-order valence-corrected chi connectivity index (χ4v) is 1.99. The lowest BCUT2D eigenvalue weighted by atomic mass is 10.1. The van der Waals surface area contributed by atoms with Gasteiger partial charge in [-0.25, -0.2) is 4.98 Å². The molecule has 1 amide bonds. The number of nitrogens with one attached hydrogen (secondary N) is 2. The number of rotatable bonds is 6. The predicted octanol–water partition coefficient (Wildman–Crippen LogP) is 3.10. The third-order valence-electron chi connectivity index (χ3n) is 3.16. The minimum Gasteiger partial charge on any atom is -0.393 e. The number of benzene rings is 1. The van der Waals surface area contributed by atoms with E-state index >= 15 is 0 Å². The lowest BCUT2D eigenvalue weighted by Crippen LogP contribution is -2.17. The molecule has 3 N–H and O–H groups in total. The first-order valence-electron chi connectivity index (χ1n) is 7.36. The number of aliphatic hydroxyl groups excluding tert-OH is 1. The second-order valence-electron chi connectivity index (χ2n) is 5.21. The van der Waals surface area contributed by atoms with E-state index in [4.69, 9.17) is 5.11 Å². The van der Waals surface area contributed by atoms with Crippen molar-refractivity contribution >= 4 is 23.1 Å². The Bertz CT molecular complexity index is 607. The molecule has 5 nitrogen and oxygen atoms in total. The molecule has 5 heteroatoms. The van der Waals surface area contributed by atoms with E-state index in [1.807, 2.05) is 12.1 Å². The Labute approximate surface area is 130 Å². The first kappa shape index (κ1) is 16.0. The molecule has 1 heterocycles. The number of aryl methyl sites for hydroxylation is 1. The molecule has 0 bridgehead atoms. The van der Waals surface area contributed by atoms with Crippen LogP contribution in [0.4, 0.5) is 17.2 Å². The molecule has 2 aromatic rings. The summed E-state index contributed by atoms with van der Waals surface area (Å²) in [4.78, 5) is 15.8. The maximum Gasteiger partial charge on any atom is 0.227 e. The number of amides is 1. The molecule has 0 aliphatic rings. The van der Waals surface area contributed by atoms with Gasteiger partial charge in [0.25, 0.3) is 0 Å². The van der Waals surface area contributed by atoms with Gasteiger partial charge in [-0.3, -0.25) is 4.79 Å². The molecule has 1 unspecified atom stereocenters. The van der Waals surface area contributed by atoms with Gasteiger partial charge >= 0.3 is 0 Å². The van der Waals surface area contributed by atoms with Crippen molar-refractivity contribution in [3.63, 3.8) is 0 Å². The summed E-state index contributed by atoms with van der Waals surface area (Å²) in [7, 11) is 0. The molecule has 2 rings (SSSR count). The average molecular weight is 299 g/mol. The topological polar surface area (TPSA) is 74.2 Å². The highest BCUT2D eigenvalue weighted by atomic mass is 16.3. The maximum absolute atomic E-state index is 11.5. The molecular formula is C17H21N3O2. The molecule has 1 atom stereocenters. The van der Waals surface area contributed by atoms with Gasteiger partial charge in [0.1, 0.15) is 5.82 Å². The van der Waals surface area contributed by atoms with Gasteiger partial charge in [-0.2, -0.15) is 0 Å². The second-order valence-corrected chi connectivity index (χ2v) is 5.21. The minimum absolute atomic E-state index is 0.0732. The van der Waals surface area contributed by atoms with Crippen LogP contribution in [0.5, 0.6) is 0 Å². The molecule has 0 saturated heterocycles. The highest BCUT2D eigenvalue weighted by Crippen LogP contribution is 2.17. The van der Waals surface area contributed by atoms with Gasteiger partial charge in [-0.1, -0.05) is 19.1 Å². The van der Waals surface area contributed by atoms with Crippen LogP contribution in [0.15, 0.2) is 42.6 Å². The zero-order valence-electron chi connectivity index (χ0n) is 12.8. The molecule has 1 aromatic carbocycles. The van der Waals surface area contributed by atoms with Crippen molar-refractivity contribution in [1.82, 2.24) is 4.98 Å². The Kier molecular flexibility index (Phi) is 5.49. The molecular weight excluding hydrogens is 278 g/mol. The average Bonchev–Trinajstić information content (AvgIpc) is 2.49. The van der Waals surface area contributed by atoms with Crippen LogP contribution >= 0.6 is 0 Å². The summed E-state index contributed by atoms with van der Waals surface area (Å²) in [6.45, 7) is 3.70. The van der Waals surface area contributed by atoms with Gasteiger partial charge < -0.3 is 15.7 Å². The number of carbonyl (C=O) groups is 1. The van der Waals surface area contributed by atoms with Crippen molar-refractivity contribution in [3.05, 3.63) is 48.2 Å². The monoisotopic (exact) mass is 299 g/mol. The number of nitrogens with zero attached hydrogens (tertiary/aromatic N) is 1. The molecule has 0 saturated carbocycles. The second kappa shape index (κ2) is 7.56. The number of aromatic nitrogens is 1. The van der Waals surface area contributed by atoms with E-state index in [0.29, 0.717) is 11.5 Å². The molecule has 22 heavy (non-hydrogen) atoms. The zero-order valence-corrected chi connectivity index (χ0v) is 12.8. The highest BCUT2D eigenvalue weighted by molar-refractivity contribution is 5.90. The van der Waals surface area contributed by atoms with Crippen LogP contribution in [0.25, 0.3) is 0 Å². The molecule has 0 fully saturated rings. The fourth-order valence-electron chi connectivity index (χ4n) is 1.99. The van der Waals surface area contributed by atoms with Crippen LogP contribution in [0.2, 0.25) is 0 Å². The molecule has 1 aromatic heterocycles. The van der Waals surface area contributed by atoms with Gasteiger partial charge in [-0.15, -0.1) is 0 Å². The Balaban J connectivity index is 1.94. The Morgan fingerprint density at radius 1 is 1.18 bits per heavy atom. The first-order chi connectivity index (χ1) is 10.6. The van der Waals surface area contributed by atoms with E-state index < -0.39 is 6.10 Å². The van der Waals surface area contributed by atoms with Crippen molar-refractivity contribution in [2.24, 2.45) is 0 Å². The summed E-state index contributed by atoms with van der Waals surface area (Å²) < 4.78 is 0.